The van der Waals surface area contributed by atoms with Crippen LogP contribution in [0.4, 0.5) is 18.0 Å². The van der Waals surface area contributed by atoms with E-state index in [1.165, 1.54) is 17.0 Å². The molecule has 1 aromatic rings. The van der Waals surface area contributed by atoms with Gasteiger partial charge < -0.3 is 20.1 Å². The van der Waals surface area contributed by atoms with Gasteiger partial charge in [-0.1, -0.05) is 6.07 Å². The second kappa shape index (κ2) is 7.54. The highest BCUT2D eigenvalue weighted by atomic mass is 19.3. The maximum atomic E-state index is 13.8. The minimum Gasteiger partial charge on any atom is -0.434 e. The average Bonchev–Trinajstić information content (AvgIpc) is 2.96. The van der Waals surface area contributed by atoms with Crippen molar-refractivity contribution < 1.29 is 27.8 Å². The number of nitrogens with zero attached hydrogens (tertiary/aromatic N) is 1. The quantitative estimate of drug-likeness (QED) is 0.870. The van der Waals surface area contributed by atoms with Gasteiger partial charge in [-0.2, -0.15) is 8.78 Å². The van der Waals surface area contributed by atoms with E-state index in [4.69, 9.17) is 0 Å². The number of benzene rings is 1. The van der Waals surface area contributed by atoms with Crippen molar-refractivity contribution in [3.63, 3.8) is 0 Å². The maximum Gasteiger partial charge on any atom is 0.387 e. The Morgan fingerprint density at radius 2 is 2.26 bits per heavy atom. The number of aliphatic hydroxyl groups is 1. The second-order valence-corrected chi connectivity index (χ2v) is 5.49. The Morgan fingerprint density at radius 3 is 2.87 bits per heavy atom. The number of likely N-dealkylation sites (tertiary alicyclic amines) is 1. The predicted molar refractivity (Wildman–Crippen MR) is 76.6 cm³/mol. The number of hydrogen-bond acceptors (Lipinski definition) is 3. The van der Waals surface area contributed by atoms with Gasteiger partial charge in [0.05, 0.1) is 12.6 Å². The van der Waals surface area contributed by atoms with Gasteiger partial charge in [-0.3, -0.25) is 0 Å². The average molecular weight is 332 g/mol. The van der Waals surface area contributed by atoms with Crippen LogP contribution in [0.25, 0.3) is 0 Å². The summed E-state index contributed by atoms with van der Waals surface area (Å²) >= 11 is 0. The fourth-order valence-corrected chi connectivity index (χ4v) is 2.56. The molecule has 0 saturated carbocycles. The summed E-state index contributed by atoms with van der Waals surface area (Å²) in [6.07, 6.45) is 0.176. The Labute approximate surface area is 132 Å². The van der Waals surface area contributed by atoms with Gasteiger partial charge >= 0.3 is 12.6 Å². The predicted octanol–water partition coefficient (Wildman–Crippen LogP) is 2.34. The van der Waals surface area contributed by atoms with Crippen molar-refractivity contribution in [1.82, 2.24) is 10.2 Å². The van der Waals surface area contributed by atoms with Gasteiger partial charge in [0.25, 0.3) is 0 Å². The molecular formula is C15H19F3N2O3. The maximum absolute atomic E-state index is 13.8. The third kappa shape index (κ3) is 4.51. The lowest BCUT2D eigenvalue weighted by Gasteiger charge is -2.19. The third-order valence-electron chi connectivity index (χ3n) is 3.90. The van der Waals surface area contributed by atoms with Crippen LogP contribution >= 0.6 is 0 Å². The lowest BCUT2D eigenvalue weighted by molar-refractivity contribution is -0.0506. The van der Waals surface area contributed by atoms with Crippen LogP contribution in [0.15, 0.2) is 18.2 Å². The number of nitrogens with one attached hydrogen (secondary N) is 1. The molecule has 8 heteroatoms. The van der Waals surface area contributed by atoms with Gasteiger partial charge in [-0.25, -0.2) is 9.18 Å². The molecule has 5 nitrogen and oxygen atoms in total. The van der Waals surface area contributed by atoms with Crippen LogP contribution in [0.1, 0.15) is 18.9 Å². The van der Waals surface area contributed by atoms with Crippen LogP contribution in [-0.2, 0) is 6.54 Å². The van der Waals surface area contributed by atoms with Crippen molar-refractivity contribution in [2.75, 3.05) is 13.1 Å². The Morgan fingerprint density at radius 1 is 1.52 bits per heavy atom. The van der Waals surface area contributed by atoms with Gasteiger partial charge in [0.1, 0.15) is 11.6 Å². The highest BCUT2D eigenvalue weighted by molar-refractivity contribution is 5.74. The zero-order chi connectivity index (χ0) is 17.0. The number of hydrogen-bond donors (Lipinski definition) is 2. The van der Waals surface area contributed by atoms with Gasteiger partial charge in [-0.15, -0.1) is 0 Å². The standard InChI is InChI=1S/C15H19F3N2O3/c1-9(21)10-5-6-20(8-10)15(22)19-7-11-12(16)3-2-4-13(11)23-14(17)18/h2-4,9-10,14,21H,5-8H2,1H3,(H,19,22). The molecule has 23 heavy (non-hydrogen) atoms. The Balaban J connectivity index is 1.97. The molecule has 1 heterocycles. The molecule has 0 aromatic heterocycles. The molecule has 2 rings (SSSR count). The summed E-state index contributed by atoms with van der Waals surface area (Å²) in [6, 6.07) is 3.15. The van der Waals surface area contributed by atoms with Gasteiger partial charge in [-0.05, 0) is 25.5 Å². The number of carbonyl (C=O) groups is 1. The van der Waals surface area contributed by atoms with E-state index in [0.29, 0.717) is 19.5 Å². The summed E-state index contributed by atoms with van der Waals surface area (Å²) in [5.41, 5.74) is -0.132. The Kier molecular flexibility index (Phi) is 5.70. The highest BCUT2D eigenvalue weighted by Gasteiger charge is 2.29. The normalized spacial score (nSPS) is 19.0. The summed E-state index contributed by atoms with van der Waals surface area (Å²) in [4.78, 5) is 13.6. The molecule has 2 unspecified atom stereocenters. The molecule has 2 atom stereocenters. The van der Waals surface area contributed by atoms with E-state index < -0.39 is 24.6 Å². The molecular weight excluding hydrogens is 313 g/mol. The largest absolute Gasteiger partial charge is 0.434 e. The molecule has 128 valence electrons. The molecule has 1 aliphatic heterocycles. The summed E-state index contributed by atoms with van der Waals surface area (Å²) in [5.74, 6) is -1.03. The van der Waals surface area contributed by atoms with E-state index in [1.807, 2.05) is 0 Å². The molecule has 0 bridgehead atoms. The fraction of sp³-hybridized carbons (Fsp3) is 0.533. The van der Waals surface area contributed by atoms with E-state index in [9.17, 15) is 23.1 Å². The van der Waals surface area contributed by atoms with Crippen LogP contribution in [0.5, 0.6) is 5.75 Å². The van der Waals surface area contributed by atoms with E-state index in [0.717, 1.165) is 6.07 Å². The first-order valence-electron chi connectivity index (χ1n) is 7.31. The molecule has 0 aliphatic carbocycles. The van der Waals surface area contributed by atoms with Crippen molar-refractivity contribution in [2.24, 2.45) is 5.92 Å². The van der Waals surface area contributed by atoms with E-state index in [-0.39, 0.29) is 23.8 Å². The molecule has 1 fully saturated rings. The monoisotopic (exact) mass is 332 g/mol. The summed E-state index contributed by atoms with van der Waals surface area (Å²) in [6.45, 7) is -0.778. The number of urea groups is 1. The van der Waals surface area contributed by atoms with E-state index in [1.54, 1.807) is 6.92 Å². The topological polar surface area (TPSA) is 61.8 Å². The molecule has 1 aliphatic rings. The van der Waals surface area contributed by atoms with Gasteiger partial charge in [0.2, 0.25) is 0 Å². The van der Waals surface area contributed by atoms with Crippen molar-refractivity contribution in [1.29, 1.82) is 0 Å². The third-order valence-corrected chi connectivity index (χ3v) is 3.90. The molecule has 2 N–H and O–H groups in total. The summed E-state index contributed by atoms with van der Waals surface area (Å²) in [7, 11) is 0. The first-order valence-corrected chi connectivity index (χ1v) is 7.31. The van der Waals surface area contributed by atoms with Crippen LogP contribution in [0.3, 0.4) is 0 Å². The Bertz CT molecular complexity index is 555. The zero-order valence-electron chi connectivity index (χ0n) is 12.6. The number of aliphatic hydroxyl groups excluding tert-OH is 1. The second-order valence-electron chi connectivity index (χ2n) is 5.49. The summed E-state index contributed by atoms with van der Waals surface area (Å²) in [5, 5.41) is 12.0. The lowest BCUT2D eigenvalue weighted by Crippen LogP contribution is -2.39. The van der Waals surface area contributed by atoms with E-state index >= 15 is 0 Å². The number of alkyl halides is 2. The van der Waals surface area contributed by atoms with Crippen molar-refractivity contribution >= 4 is 6.03 Å². The van der Waals surface area contributed by atoms with Crippen molar-refractivity contribution in [3.8, 4) is 5.75 Å². The molecule has 1 saturated heterocycles. The number of ether oxygens (including phenoxy) is 1. The minimum absolute atomic E-state index is 0.00643. The fourth-order valence-electron chi connectivity index (χ4n) is 2.56. The first kappa shape index (κ1) is 17.4. The summed E-state index contributed by atoms with van der Waals surface area (Å²) < 4.78 is 42.7. The van der Waals surface area contributed by atoms with Gasteiger partial charge in [0, 0.05) is 24.6 Å². The smallest absolute Gasteiger partial charge is 0.387 e. The van der Waals surface area contributed by atoms with Gasteiger partial charge in [0.15, 0.2) is 0 Å². The van der Waals surface area contributed by atoms with Crippen molar-refractivity contribution in [3.05, 3.63) is 29.6 Å². The Hall–Kier alpha value is -1.96. The number of halogens is 3. The zero-order valence-corrected chi connectivity index (χ0v) is 12.6. The number of rotatable bonds is 5. The van der Waals surface area contributed by atoms with E-state index in [2.05, 4.69) is 10.1 Å². The molecule has 0 spiro atoms. The molecule has 2 amide bonds. The first-order chi connectivity index (χ1) is 10.9. The minimum atomic E-state index is -3.07. The van der Waals surface area contributed by atoms with Crippen LogP contribution in [0, 0.1) is 11.7 Å². The SMILES string of the molecule is CC(O)C1CCN(C(=O)NCc2c(F)cccc2OC(F)F)C1. The number of carbonyl (C=O) groups excluding carboxylic acids is 1. The highest BCUT2D eigenvalue weighted by Crippen LogP contribution is 2.24. The van der Waals surface area contributed by atoms with Crippen LogP contribution in [0.2, 0.25) is 0 Å². The van der Waals surface area contributed by atoms with Crippen LogP contribution in [-0.4, -0.2) is 41.8 Å². The number of amides is 2. The lowest BCUT2D eigenvalue weighted by atomic mass is 10.0. The van der Waals surface area contributed by atoms with Crippen LogP contribution < -0.4 is 10.1 Å². The molecule has 0 radical (unpaired) electrons. The van der Waals surface area contributed by atoms with Crippen molar-refractivity contribution in [2.45, 2.75) is 32.6 Å². The molecule has 1 aromatic carbocycles.